The van der Waals surface area contributed by atoms with Crippen LogP contribution in [-0.2, 0) is 4.79 Å². The monoisotopic (exact) mass is 263 g/mol. The Morgan fingerprint density at radius 1 is 1.53 bits per heavy atom. The molecule has 1 aromatic heterocycles. The van der Waals surface area contributed by atoms with Crippen molar-refractivity contribution < 1.29 is 9.18 Å². The number of carbonyl (C=O) groups excluding carboxylic acids is 1. The molecule has 0 aliphatic carbocycles. The normalized spacial score (nSPS) is 12.3. The summed E-state index contributed by atoms with van der Waals surface area (Å²) in [6, 6.07) is 4.74. The maximum atomic E-state index is 13.7. The predicted molar refractivity (Wildman–Crippen MR) is 66.4 cm³/mol. The van der Waals surface area contributed by atoms with Crippen LogP contribution in [0.15, 0.2) is 18.2 Å². The highest BCUT2D eigenvalue weighted by molar-refractivity contribution is 5.73. The number of nitrogens with zero attached hydrogens (tertiary/aromatic N) is 3. The number of hydrogen-bond donors (Lipinski definition) is 2. The first-order valence-electron chi connectivity index (χ1n) is 5.89. The van der Waals surface area contributed by atoms with E-state index in [2.05, 4.69) is 20.6 Å². The molecule has 2 aromatic rings. The molecule has 0 unspecified atom stereocenters. The first-order chi connectivity index (χ1) is 9.08. The Hall–Kier alpha value is -2.31. The fraction of sp³-hybridized carbons (Fsp3) is 0.333. The number of nitrogens with two attached hydrogens (primary N) is 1. The average molecular weight is 263 g/mol. The Labute approximate surface area is 109 Å². The molecule has 0 radical (unpaired) electrons. The van der Waals surface area contributed by atoms with Crippen molar-refractivity contribution in [1.29, 1.82) is 0 Å². The molecule has 1 aromatic carbocycles. The fourth-order valence-electron chi connectivity index (χ4n) is 1.83. The summed E-state index contributed by atoms with van der Waals surface area (Å²) in [5, 5.41) is 13.1. The van der Waals surface area contributed by atoms with Crippen molar-refractivity contribution >= 4 is 5.91 Å². The van der Waals surface area contributed by atoms with Crippen molar-refractivity contribution in [2.24, 2.45) is 5.73 Å². The number of aromatic amines is 1. The molecule has 0 aliphatic rings. The summed E-state index contributed by atoms with van der Waals surface area (Å²) in [5.41, 5.74) is 6.34. The largest absolute Gasteiger partial charge is 0.370 e. The number of hydrogen-bond acceptors (Lipinski definition) is 4. The maximum Gasteiger partial charge on any atom is 0.217 e. The lowest BCUT2D eigenvalue weighted by atomic mass is 9.94. The minimum absolute atomic E-state index is 0.0998. The molecule has 2 rings (SSSR count). The Morgan fingerprint density at radius 3 is 2.95 bits per heavy atom. The van der Waals surface area contributed by atoms with Crippen molar-refractivity contribution in [2.75, 3.05) is 0 Å². The van der Waals surface area contributed by atoms with E-state index in [-0.39, 0.29) is 17.6 Å². The van der Waals surface area contributed by atoms with Gasteiger partial charge < -0.3 is 5.73 Å². The van der Waals surface area contributed by atoms with Crippen molar-refractivity contribution in [3.05, 3.63) is 29.6 Å². The third-order valence-corrected chi connectivity index (χ3v) is 2.98. The van der Waals surface area contributed by atoms with Crippen LogP contribution in [0.2, 0.25) is 0 Å². The molecule has 0 saturated carbocycles. The molecular weight excluding hydrogens is 249 g/mol. The first-order valence-corrected chi connectivity index (χ1v) is 5.89. The third-order valence-electron chi connectivity index (χ3n) is 2.98. The number of rotatable bonds is 5. The number of nitrogens with one attached hydrogen (secondary N) is 1. The van der Waals surface area contributed by atoms with Crippen LogP contribution in [0.1, 0.15) is 31.2 Å². The van der Waals surface area contributed by atoms with E-state index in [0.29, 0.717) is 18.4 Å². The molecule has 100 valence electrons. The smallest absolute Gasteiger partial charge is 0.217 e. The molecule has 3 N–H and O–H groups in total. The lowest BCUT2D eigenvalue weighted by Crippen LogP contribution is -2.11. The summed E-state index contributed by atoms with van der Waals surface area (Å²) in [4.78, 5) is 10.8. The second kappa shape index (κ2) is 5.55. The second-order valence-electron chi connectivity index (χ2n) is 4.40. The van der Waals surface area contributed by atoms with Crippen LogP contribution in [0.4, 0.5) is 4.39 Å². The van der Waals surface area contributed by atoms with Crippen LogP contribution in [0.3, 0.4) is 0 Å². The van der Waals surface area contributed by atoms with Gasteiger partial charge >= 0.3 is 0 Å². The van der Waals surface area contributed by atoms with Gasteiger partial charge in [-0.3, -0.25) is 4.79 Å². The Balaban J connectivity index is 2.23. The lowest BCUT2D eigenvalue weighted by Gasteiger charge is -2.12. The van der Waals surface area contributed by atoms with Crippen LogP contribution in [-0.4, -0.2) is 26.5 Å². The highest BCUT2D eigenvalue weighted by Crippen LogP contribution is 2.26. The molecule has 0 aliphatic heterocycles. The summed E-state index contributed by atoms with van der Waals surface area (Å²) in [6.45, 7) is 1.96. The number of carbonyl (C=O) groups is 1. The quantitative estimate of drug-likeness (QED) is 0.851. The van der Waals surface area contributed by atoms with Gasteiger partial charge in [0.25, 0.3) is 0 Å². The van der Waals surface area contributed by atoms with Crippen molar-refractivity contribution in [3.63, 3.8) is 0 Å². The number of primary amides is 1. The van der Waals surface area contributed by atoms with Gasteiger partial charge in [0.2, 0.25) is 5.91 Å². The Morgan fingerprint density at radius 2 is 2.32 bits per heavy atom. The van der Waals surface area contributed by atoms with E-state index < -0.39 is 5.82 Å². The van der Waals surface area contributed by atoms with E-state index in [1.165, 1.54) is 6.07 Å². The number of amides is 1. The van der Waals surface area contributed by atoms with E-state index in [1.807, 2.05) is 6.92 Å². The summed E-state index contributed by atoms with van der Waals surface area (Å²) >= 11 is 0. The maximum absolute atomic E-state index is 13.7. The van der Waals surface area contributed by atoms with Gasteiger partial charge in [-0.2, -0.15) is 0 Å². The van der Waals surface area contributed by atoms with Crippen molar-refractivity contribution in [2.45, 2.75) is 25.7 Å². The molecule has 0 fully saturated rings. The minimum atomic E-state index is -0.399. The molecule has 0 saturated heterocycles. The summed E-state index contributed by atoms with van der Waals surface area (Å²) in [7, 11) is 0. The highest BCUT2D eigenvalue weighted by Gasteiger charge is 2.13. The van der Waals surface area contributed by atoms with Gasteiger partial charge in [0.05, 0.1) is 5.56 Å². The summed E-state index contributed by atoms with van der Waals surface area (Å²) < 4.78 is 13.7. The zero-order valence-corrected chi connectivity index (χ0v) is 10.4. The minimum Gasteiger partial charge on any atom is -0.370 e. The van der Waals surface area contributed by atoms with Crippen LogP contribution in [0, 0.1) is 5.82 Å². The van der Waals surface area contributed by atoms with Crippen LogP contribution < -0.4 is 5.73 Å². The number of aromatic nitrogens is 4. The molecule has 1 heterocycles. The second-order valence-corrected chi connectivity index (χ2v) is 4.40. The molecular formula is C12H14FN5O. The number of H-pyrrole nitrogens is 1. The standard InChI is InChI=1S/C12H14FN5O/c1-7(2-5-11(14)19)8-3-4-10(13)9(6-8)12-15-17-18-16-12/h3-4,6-7H,2,5H2,1H3,(H2,14,19)(H,15,16,17,18)/t7-/m0/s1. The molecule has 1 amide bonds. The number of halogens is 1. The van der Waals surface area contributed by atoms with Crippen LogP contribution in [0.5, 0.6) is 0 Å². The van der Waals surface area contributed by atoms with Gasteiger partial charge in [0.1, 0.15) is 5.82 Å². The van der Waals surface area contributed by atoms with Gasteiger partial charge in [-0.25, -0.2) is 9.49 Å². The average Bonchev–Trinajstić information content (AvgIpc) is 2.90. The fourth-order valence-corrected chi connectivity index (χ4v) is 1.83. The summed E-state index contributed by atoms with van der Waals surface area (Å²) in [6.07, 6.45) is 0.923. The van der Waals surface area contributed by atoms with E-state index in [0.717, 1.165) is 5.56 Å². The molecule has 6 nitrogen and oxygen atoms in total. The lowest BCUT2D eigenvalue weighted by molar-refractivity contribution is -0.118. The van der Waals surface area contributed by atoms with Crippen LogP contribution >= 0.6 is 0 Å². The highest BCUT2D eigenvalue weighted by atomic mass is 19.1. The van der Waals surface area contributed by atoms with Gasteiger partial charge in [-0.05, 0) is 40.5 Å². The zero-order chi connectivity index (χ0) is 13.8. The van der Waals surface area contributed by atoms with E-state index >= 15 is 0 Å². The van der Waals surface area contributed by atoms with Gasteiger partial charge in [0, 0.05) is 6.42 Å². The molecule has 0 bridgehead atoms. The molecule has 0 spiro atoms. The van der Waals surface area contributed by atoms with Gasteiger partial charge in [-0.15, -0.1) is 5.10 Å². The van der Waals surface area contributed by atoms with Gasteiger partial charge in [-0.1, -0.05) is 13.0 Å². The van der Waals surface area contributed by atoms with E-state index in [9.17, 15) is 9.18 Å². The Bertz CT molecular complexity index is 570. The predicted octanol–water partition coefficient (Wildman–Crippen LogP) is 1.37. The summed E-state index contributed by atoms with van der Waals surface area (Å²) in [5.74, 6) is -0.359. The molecule has 1 atom stereocenters. The number of benzene rings is 1. The third kappa shape index (κ3) is 3.12. The zero-order valence-electron chi connectivity index (χ0n) is 10.4. The van der Waals surface area contributed by atoms with Crippen molar-refractivity contribution in [3.8, 4) is 11.4 Å². The van der Waals surface area contributed by atoms with Crippen molar-refractivity contribution in [1.82, 2.24) is 20.6 Å². The molecule has 19 heavy (non-hydrogen) atoms. The van der Waals surface area contributed by atoms with Crippen LogP contribution in [0.25, 0.3) is 11.4 Å². The van der Waals surface area contributed by atoms with E-state index in [4.69, 9.17) is 5.73 Å². The number of tetrazole rings is 1. The van der Waals surface area contributed by atoms with Gasteiger partial charge in [0.15, 0.2) is 5.82 Å². The molecule has 7 heteroatoms. The first kappa shape index (κ1) is 13.1. The topological polar surface area (TPSA) is 97.6 Å². The Kier molecular flexibility index (Phi) is 3.84. The SMILES string of the molecule is C[C@@H](CCC(N)=O)c1ccc(F)c(-c2nnn[nH]2)c1. The van der Waals surface area contributed by atoms with E-state index in [1.54, 1.807) is 12.1 Å².